The van der Waals surface area contributed by atoms with Crippen molar-refractivity contribution in [3.63, 3.8) is 0 Å². The molecule has 0 spiro atoms. The lowest BCUT2D eigenvalue weighted by atomic mass is 10.1. The lowest BCUT2D eigenvalue weighted by Crippen LogP contribution is -1.98. The van der Waals surface area contributed by atoms with Crippen LogP contribution in [0.15, 0.2) is 71.9 Å². The normalized spacial score (nSPS) is 11.0. The number of hydrogen-bond donors (Lipinski definition) is 2. The molecule has 0 unspecified atom stereocenters. The molecule has 3 aromatic heterocycles. The summed E-state index contributed by atoms with van der Waals surface area (Å²) < 4.78 is 1.81. The number of nitrogens with zero attached hydrogens (tertiary/aromatic N) is 4. The van der Waals surface area contributed by atoms with Gasteiger partial charge in [0.25, 0.3) is 0 Å². The molecule has 140 valence electrons. The first kappa shape index (κ1) is 17.3. The third-order valence-corrected chi connectivity index (χ3v) is 5.54. The molecule has 2 N–H and O–H groups in total. The van der Waals surface area contributed by atoms with Gasteiger partial charge in [-0.25, -0.2) is 9.50 Å². The first-order valence-corrected chi connectivity index (χ1v) is 10.3. The van der Waals surface area contributed by atoms with Gasteiger partial charge in [-0.2, -0.15) is 5.26 Å². The van der Waals surface area contributed by atoms with Crippen LogP contribution in [0.3, 0.4) is 0 Å². The number of benzene rings is 2. The van der Waals surface area contributed by atoms with E-state index in [1.54, 1.807) is 24.2 Å². The fraction of sp³-hybridized carbons (Fsp3) is 0.0455. The highest BCUT2D eigenvalue weighted by Gasteiger charge is 2.20. The van der Waals surface area contributed by atoms with Crippen molar-refractivity contribution in [1.29, 1.82) is 5.26 Å². The monoisotopic (exact) mass is 396 g/mol. The predicted molar refractivity (Wildman–Crippen MR) is 117 cm³/mol. The van der Waals surface area contributed by atoms with E-state index in [-0.39, 0.29) is 0 Å². The van der Waals surface area contributed by atoms with E-state index >= 15 is 0 Å². The Labute approximate surface area is 171 Å². The third kappa shape index (κ3) is 2.91. The average Bonchev–Trinajstić information content (AvgIpc) is 3.33. The molecule has 0 fully saturated rings. The van der Waals surface area contributed by atoms with Crippen molar-refractivity contribution in [2.24, 2.45) is 0 Å². The lowest BCUT2D eigenvalue weighted by molar-refractivity contribution is 0.980. The summed E-state index contributed by atoms with van der Waals surface area (Å²) in [6, 6.07) is 20.3. The van der Waals surface area contributed by atoms with E-state index in [1.165, 1.54) is 0 Å². The molecule has 0 aliphatic heterocycles. The maximum Gasteiger partial charge on any atom is 0.173 e. The molecule has 3 heterocycles. The minimum atomic E-state index is 0.496. The Morgan fingerprint density at radius 2 is 2.03 bits per heavy atom. The Morgan fingerprint density at radius 1 is 1.14 bits per heavy atom. The van der Waals surface area contributed by atoms with Crippen molar-refractivity contribution in [3.05, 3.63) is 72.6 Å². The Morgan fingerprint density at radius 3 is 2.90 bits per heavy atom. The van der Waals surface area contributed by atoms with Crippen LogP contribution in [0, 0.1) is 11.3 Å². The van der Waals surface area contributed by atoms with E-state index in [0.717, 1.165) is 38.6 Å². The zero-order valence-electron chi connectivity index (χ0n) is 15.5. The average molecular weight is 396 g/mol. The number of aromatic amines is 1. The number of nitrogens with one attached hydrogen (secondary N) is 2. The number of thioether (sulfide) groups is 1. The van der Waals surface area contributed by atoms with Crippen LogP contribution in [0.5, 0.6) is 0 Å². The largest absolute Gasteiger partial charge is 0.338 e. The minimum absolute atomic E-state index is 0.496. The van der Waals surface area contributed by atoms with Gasteiger partial charge in [-0.1, -0.05) is 24.3 Å². The summed E-state index contributed by atoms with van der Waals surface area (Å²) in [5.41, 5.74) is 4.66. The number of hydrogen-bond acceptors (Lipinski definition) is 5. The molecule has 5 rings (SSSR count). The van der Waals surface area contributed by atoms with Gasteiger partial charge in [0.15, 0.2) is 11.5 Å². The van der Waals surface area contributed by atoms with E-state index in [2.05, 4.69) is 39.9 Å². The summed E-state index contributed by atoms with van der Waals surface area (Å²) in [5.74, 6) is 0.774. The number of rotatable bonds is 4. The van der Waals surface area contributed by atoms with Gasteiger partial charge in [0.05, 0.1) is 5.52 Å². The Hall–Kier alpha value is -3.76. The molecule has 2 aromatic carbocycles. The lowest BCUT2D eigenvalue weighted by Gasteiger charge is -2.10. The standard InChI is InChI=1S/C22H16N6S/c1-29-16-6-4-5-15(11-16)26-22-20(27-21-14(12-23)13-25-28(21)22)18-9-10-24-19-8-3-2-7-17(18)19/h2-11,13,25-26H,1H3. The molecule has 0 aliphatic carbocycles. The van der Waals surface area contributed by atoms with Crippen LogP contribution in [0.4, 0.5) is 11.5 Å². The van der Waals surface area contributed by atoms with Crippen LogP contribution in [0.2, 0.25) is 0 Å². The molecule has 0 saturated carbocycles. The molecule has 0 amide bonds. The molecular formula is C22H16N6S. The highest BCUT2D eigenvalue weighted by molar-refractivity contribution is 7.98. The molecule has 0 bridgehead atoms. The van der Waals surface area contributed by atoms with E-state index in [9.17, 15) is 5.26 Å². The highest BCUT2D eigenvalue weighted by atomic mass is 32.2. The summed E-state index contributed by atoms with van der Waals surface area (Å²) >= 11 is 1.69. The summed E-state index contributed by atoms with van der Waals surface area (Å²) in [5, 5.41) is 17.1. The first-order valence-electron chi connectivity index (χ1n) is 9.03. The fourth-order valence-corrected chi connectivity index (χ4v) is 3.91. The van der Waals surface area contributed by atoms with E-state index in [0.29, 0.717) is 11.2 Å². The molecule has 0 aliphatic rings. The van der Waals surface area contributed by atoms with Gasteiger partial charge in [0, 0.05) is 33.9 Å². The molecule has 7 heteroatoms. The van der Waals surface area contributed by atoms with Crippen LogP contribution in [-0.4, -0.2) is 25.8 Å². The maximum atomic E-state index is 9.47. The third-order valence-electron chi connectivity index (χ3n) is 4.81. The van der Waals surface area contributed by atoms with E-state index < -0.39 is 0 Å². The topological polar surface area (TPSA) is 81.8 Å². The zero-order chi connectivity index (χ0) is 19.8. The Bertz CT molecular complexity index is 1390. The Balaban J connectivity index is 1.75. The van der Waals surface area contributed by atoms with Crippen LogP contribution in [0.1, 0.15) is 5.56 Å². The second kappa shape index (κ2) is 7.00. The molecule has 0 atom stereocenters. The van der Waals surface area contributed by atoms with Gasteiger partial charge in [0.2, 0.25) is 0 Å². The number of aromatic nitrogens is 4. The minimum Gasteiger partial charge on any atom is -0.338 e. The SMILES string of the molecule is CSc1cccc(Nc2c(-c3ccnc4ccccc34)nc3c(C#N)c[nH]n23)c1. The van der Waals surface area contributed by atoms with Crippen molar-refractivity contribution < 1.29 is 0 Å². The quantitative estimate of drug-likeness (QED) is 0.407. The summed E-state index contributed by atoms with van der Waals surface area (Å²) in [4.78, 5) is 10.4. The van der Waals surface area contributed by atoms with Crippen molar-refractivity contribution in [2.45, 2.75) is 4.90 Å². The van der Waals surface area contributed by atoms with Crippen molar-refractivity contribution in [1.82, 2.24) is 19.6 Å². The molecule has 5 aromatic rings. The molecular weight excluding hydrogens is 380 g/mol. The molecule has 6 nitrogen and oxygen atoms in total. The summed E-state index contributed by atoms with van der Waals surface area (Å²) in [6.07, 6.45) is 5.50. The van der Waals surface area contributed by atoms with Crippen LogP contribution in [-0.2, 0) is 0 Å². The van der Waals surface area contributed by atoms with Gasteiger partial charge < -0.3 is 5.32 Å². The summed E-state index contributed by atoms with van der Waals surface area (Å²) in [6.45, 7) is 0. The van der Waals surface area contributed by atoms with Crippen molar-refractivity contribution in [3.8, 4) is 17.3 Å². The predicted octanol–water partition coefficient (Wildman–Crippen LogP) is 5.21. The van der Waals surface area contributed by atoms with E-state index in [4.69, 9.17) is 4.98 Å². The van der Waals surface area contributed by atoms with Gasteiger partial charge in [0.1, 0.15) is 17.3 Å². The van der Waals surface area contributed by atoms with Crippen molar-refractivity contribution >= 4 is 39.8 Å². The number of anilines is 2. The zero-order valence-corrected chi connectivity index (χ0v) is 16.4. The number of H-pyrrole nitrogens is 1. The van der Waals surface area contributed by atoms with Crippen LogP contribution < -0.4 is 5.32 Å². The number of para-hydroxylation sites is 1. The molecule has 29 heavy (non-hydrogen) atoms. The van der Waals surface area contributed by atoms with Gasteiger partial charge in [-0.3, -0.25) is 10.1 Å². The van der Waals surface area contributed by atoms with Gasteiger partial charge in [-0.15, -0.1) is 11.8 Å². The van der Waals surface area contributed by atoms with Gasteiger partial charge >= 0.3 is 0 Å². The first-order chi connectivity index (χ1) is 14.3. The number of pyridine rings is 1. The second-order valence-corrected chi connectivity index (χ2v) is 7.38. The fourth-order valence-electron chi connectivity index (χ4n) is 3.45. The van der Waals surface area contributed by atoms with Crippen LogP contribution >= 0.6 is 11.8 Å². The van der Waals surface area contributed by atoms with Crippen LogP contribution in [0.25, 0.3) is 27.8 Å². The molecule has 0 saturated heterocycles. The maximum absolute atomic E-state index is 9.47. The van der Waals surface area contributed by atoms with Crippen molar-refractivity contribution in [2.75, 3.05) is 11.6 Å². The smallest absolute Gasteiger partial charge is 0.173 e. The second-order valence-electron chi connectivity index (χ2n) is 6.50. The number of imidazole rings is 1. The highest BCUT2D eigenvalue weighted by Crippen LogP contribution is 2.35. The number of fused-ring (bicyclic) bond motifs is 2. The molecule has 0 radical (unpaired) electrons. The van der Waals surface area contributed by atoms with Gasteiger partial charge in [-0.05, 0) is 36.6 Å². The summed E-state index contributed by atoms with van der Waals surface area (Å²) in [7, 11) is 0. The number of nitriles is 1. The Kier molecular flexibility index (Phi) is 4.19. The van der Waals surface area contributed by atoms with E-state index in [1.807, 2.05) is 47.0 Å².